The Morgan fingerprint density at radius 1 is 1.24 bits per heavy atom. The summed E-state index contributed by atoms with van der Waals surface area (Å²) in [6, 6.07) is 8.22. The van der Waals surface area contributed by atoms with Gasteiger partial charge in [0.05, 0.1) is 11.8 Å². The van der Waals surface area contributed by atoms with Crippen molar-refractivity contribution in [1.82, 2.24) is 4.72 Å². The van der Waals surface area contributed by atoms with E-state index in [1.165, 1.54) is 0 Å². The van der Waals surface area contributed by atoms with Gasteiger partial charge in [0.15, 0.2) is 0 Å². The Bertz CT molecular complexity index is 470. The van der Waals surface area contributed by atoms with Crippen molar-refractivity contribution in [1.29, 1.82) is 0 Å². The standard InChI is InChI=1S/C10H14N2O4S/c1-8(2)16-10(13)12-17(14,15)11-9-6-4-3-5-7-9/h3-8,11H,1-2H3,(H,12,13). The number of carbonyl (C=O) groups is 1. The van der Waals surface area contributed by atoms with Crippen LogP contribution >= 0.6 is 0 Å². The molecule has 0 saturated heterocycles. The van der Waals surface area contributed by atoms with Crippen molar-refractivity contribution >= 4 is 22.0 Å². The number of para-hydroxylation sites is 1. The summed E-state index contributed by atoms with van der Waals surface area (Å²) in [5, 5.41) is 0. The fourth-order valence-electron chi connectivity index (χ4n) is 1.03. The summed E-state index contributed by atoms with van der Waals surface area (Å²) in [7, 11) is -3.95. The van der Waals surface area contributed by atoms with Crippen LogP contribution in [0.5, 0.6) is 0 Å². The maximum atomic E-state index is 11.5. The average molecular weight is 258 g/mol. The Hall–Kier alpha value is -1.76. The lowest BCUT2D eigenvalue weighted by Crippen LogP contribution is -2.36. The van der Waals surface area contributed by atoms with E-state index in [0.29, 0.717) is 5.69 Å². The van der Waals surface area contributed by atoms with E-state index in [1.54, 1.807) is 48.9 Å². The van der Waals surface area contributed by atoms with Crippen LogP contribution in [0.2, 0.25) is 0 Å². The molecule has 2 N–H and O–H groups in total. The highest BCUT2D eigenvalue weighted by molar-refractivity contribution is 7.91. The molecule has 1 amide bonds. The summed E-state index contributed by atoms with van der Waals surface area (Å²) in [6.45, 7) is 3.24. The molecule has 0 fully saturated rings. The Labute approximate surface area is 100 Å². The molecule has 0 aliphatic heterocycles. The van der Waals surface area contributed by atoms with E-state index >= 15 is 0 Å². The predicted octanol–water partition coefficient (Wildman–Crippen LogP) is 1.48. The molecule has 1 rings (SSSR count). The monoisotopic (exact) mass is 258 g/mol. The fourth-order valence-corrected chi connectivity index (χ4v) is 1.80. The van der Waals surface area contributed by atoms with Gasteiger partial charge >= 0.3 is 16.3 Å². The Morgan fingerprint density at radius 2 is 1.82 bits per heavy atom. The highest BCUT2D eigenvalue weighted by Gasteiger charge is 2.15. The summed E-state index contributed by atoms with van der Waals surface area (Å²) in [5.41, 5.74) is 0.359. The van der Waals surface area contributed by atoms with Crippen LogP contribution in [0.1, 0.15) is 13.8 Å². The third-order valence-electron chi connectivity index (χ3n) is 1.59. The van der Waals surface area contributed by atoms with E-state index in [2.05, 4.69) is 9.46 Å². The topological polar surface area (TPSA) is 84.5 Å². The van der Waals surface area contributed by atoms with E-state index < -0.39 is 16.3 Å². The van der Waals surface area contributed by atoms with Crippen molar-refractivity contribution < 1.29 is 17.9 Å². The predicted molar refractivity (Wildman–Crippen MR) is 63.7 cm³/mol. The van der Waals surface area contributed by atoms with E-state index in [1.807, 2.05) is 0 Å². The molecule has 0 aliphatic rings. The van der Waals surface area contributed by atoms with E-state index in [4.69, 9.17) is 0 Å². The third-order valence-corrected chi connectivity index (χ3v) is 2.53. The molecule has 17 heavy (non-hydrogen) atoms. The lowest BCUT2D eigenvalue weighted by atomic mass is 10.3. The summed E-state index contributed by atoms with van der Waals surface area (Å²) >= 11 is 0. The number of carbonyl (C=O) groups excluding carboxylic acids is 1. The van der Waals surface area contributed by atoms with E-state index in [0.717, 1.165) is 0 Å². The van der Waals surface area contributed by atoms with Crippen LogP contribution < -0.4 is 9.44 Å². The van der Waals surface area contributed by atoms with Crippen molar-refractivity contribution in [3.63, 3.8) is 0 Å². The van der Waals surface area contributed by atoms with Gasteiger partial charge in [0.25, 0.3) is 0 Å². The molecule has 0 heterocycles. The zero-order valence-corrected chi connectivity index (χ0v) is 10.3. The largest absolute Gasteiger partial charge is 0.446 e. The lowest BCUT2D eigenvalue weighted by molar-refractivity contribution is 0.121. The molecule has 0 spiro atoms. The first-order valence-corrected chi connectivity index (χ1v) is 6.43. The zero-order chi connectivity index (χ0) is 12.9. The molecule has 0 aromatic heterocycles. The minimum absolute atomic E-state index is 0.359. The molecule has 94 valence electrons. The number of benzene rings is 1. The molecule has 1 aromatic carbocycles. The SMILES string of the molecule is CC(C)OC(=O)NS(=O)(=O)Nc1ccccc1. The van der Waals surface area contributed by atoms with Crippen molar-refractivity contribution in [3.05, 3.63) is 30.3 Å². The number of anilines is 1. The van der Waals surface area contributed by atoms with Crippen LogP contribution in [0.25, 0.3) is 0 Å². The molecule has 0 atom stereocenters. The molecule has 7 heteroatoms. The van der Waals surface area contributed by atoms with E-state index in [-0.39, 0.29) is 6.10 Å². The first kappa shape index (κ1) is 13.3. The van der Waals surface area contributed by atoms with Crippen LogP contribution in [0, 0.1) is 0 Å². The number of nitrogens with one attached hydrogen (secondary N) is 2. The van der Waals surface area contributed by atoms with Gasteiger partial charge in [-0.2, -0.15) is 8.42 Å². The van der Waals surface area contributed by atoms with Gasteiger partial charge in [0, 0.05) is 0 Å². The molecule has 0 saturated carbocycles. The van der Waals surface area contributed by atoms with Crippen molar-refractivity contribution in [2.45, 2.75) is 20.0 Å². The molecule has 0 radical (unpaired) electrons. The second-order valence-electron chi connectivity index (χ2n) is 3.53. The summed E-state index contributed by atoms with van der Waals surface area (Å²) in [4.78, 5) is 11.1. The van der Waals surface area contributed by atoms with Crippen LogP contribution in [-0.4, -0.2) is 20.6 Å². The smallest absolute Gasteiger partial charge is 0.422 e. The van der Waals surface area contributed by atoms with Gasteiger partial charge in [-0.15, -0.1) is 0 Å². The third kappa shape index (κ3) is 5.21. The Morgan fingerprint density at radius 3 is 2.35 bits per heavy atom. The number of amides is 1. The molecule has 0 unspecified atom stereocenters. The quantitative estimate of drug-likeness (QED) is 0.856. The number of ether oxygens (including phenoxy) is 1. The fraction of sp³-hybridized carbons (Fsp3) is 0.300. The number of hydrogen-bond acceptors (Lipinski definition) is 4. The first-order valence-electron chi connectivity index (χ1n) is 4.95. The maximum Gasteiger partial charge on any atom is 0.422 e. The van der Waals surface area contributed by atoms with Crippen LogP contribution in [-0.2, 0) is 14.9 Å². The zero-order valence-electron chi connectivity index (χ0n) is 9.51. The minimum atomic E-state index is -3.95. The summed E-state index contributed by atoms with van der Waals surface area (Å²) in [5.74, 6) is 0. The van der Waals surface area contributed by atoms with Gasteiger partial charge in [-0.1, -0.05) is 18.2 Å². The van der Waals surface area contributed by atoms with Crippen LogP contribution in [0.3, 0.4) is 0 Å². The Balaban J connectivity index is 2.61. The normalized spacial score (nSPS) is 11.0. The van der Waals surface area contributed by atoms with Crippen molar-refractivity contribution in [3.8, 4) is 0 Å². The van der Waals surface area contributed by atoms with Gasteiger partial charge in [-0.05, 0) is 26.0 Å². The first-order chi connectivity index (χ1) is 7.89. The maximum absolute atomic E-state index is 11.5. The van der Waals surface area contributed by atoms with Gasteiger partial charge in [-0.25, -0.2) is 9.52 Å². The highest BCUT2D eigenvalue weighted by atomic mass is 32.2. The summed E-state index contributed by atoms with van der Waals surface area (Å²) in [6.07, 6.45) is -1.40. The minimum Gasteiger partial charge on any atom is -0.446 e. The van der Waals surface area contributed by atoms with Crippen LogP contribution in [0.4, 0.5) is 10.5 Å². The number of hydrogen-bond donors (Lipinski definition) is 2. The Kier molecular flexibility index (Phi) is 4.33. The molecular formula is C10H14N2O4S. The van der Waals surface area contributed by atoms with Gasteiger partial charge in [0.1, 0.15) is 0 Å². The molecule has 1 aromatic rings. The van der Waals surface area contributed by atoms with Gasteiger partial charge in [-0.3, -0.25) is 4.72 Å². The molecule has 0 aliphatic carbocycles. The summed E-state index contributed by atoms with van der Waals surface area (Å²) < 4.78 is 31.5. The number of rotatable bonds is 4. The van der Waals surface area contributed by atoms with Crippen molar-refractivity contribution in [2.75, 3.05) is 4.72 Å². The van der Waals surface area contributed by atoms with E-state index in [9.17, 15) is 13.2 Å². The highest BCUT2D eigenvalue weighted by Crippen LogP contribution is 2.06. The second kappa shape index (κ2) is 5.53. The lowest BCUT2D eigenvalue weighted by Gasteiger charge is -2.11. The molecule has 6 nitrogen and oxygen atoms in total. The average Bonchev–Trinajstić information content (AvgIpc) is 2.15. The molecular weight excluding hydrogens is 244 g/mol. The second-order valence-corrected chi connectivity index (χ2v) is 4.94. The molecule has 0 bridgehead atoms. The van der Waals surface area contributed by atoms with Crippen LogP contribution in [0.15, 0.2) is 30.3 Å². The van der Waals surface area contributed by atoms with Gasteiger partial charge in [0.2, 0.25) is 0 Å². The van der Waals surface area contributed by atoms with Crippen molar-refractivity contribution in [2.24, 2.45) is 0 Å². The van der Waals surface area contributed by atoms with Gasteiger partial charge < -0.3 is 4.74 Å².